The maximum atomic E-state index is 12.1. The third-order valence-electron chi connectivity index (χ3n) is 2.93. The van der Waals surface area contributed by atoms with E-state index in [1.54, 1.807) is 19.3 Å². The van der Waals surface area contributed by atoms with E-state index >= 15 is 0 Å². The highest BCUT2D eigenvalue weighted by molar-refractivity contribution is 5.95. The quantitative estimate of drug-likeness (QED) is 0.748. The van der Waals surface area contributed by atoms with E-state index in [0.717, 1.165) is 5.56 Å². The molecule has 1 saturated carbocycles. The Labute approximate surface area is 107 Å². The number of amides is 1. The standard InChI is InChI=1S/C13H18N2O3/c1-9-6-11(13(16)15(2)17-3)12(14-7-9)18-8-10-4-5-10/h6-7,10H,4-5,8H2,1-3H3. The van der Waals surface area contributed by atoms with Crippen molar-refractivity contribution >= 4 is 5.91 Å². The zero-order valence-electron chi connectivity index (χ0n) is 11.0. The number of hydrogen-bond donors (Lipinski definition) is 0. The van der Waals surface area contributed by atoms with Crippen LogP contribution < -0.4 is 4.74 Å². The Balaban J connectivity index is 2.18. The lowest BCUT2D eigenvalue weighted by molar-refractivity contribution is -0.0759. The van der Waals surface area contributed by atoms with Crippen molar-refractivity contribution in [3.8, 4) is 5.88 Å². The van der Waals surface area contributed by atoms with Gasteiger partial charge in [-0.1, -0.05) is 0 Å². The number of aryl methyl sites for hydroxylation is 1. The maximum absolute atomic E-state index is 12.1. The van der Waals surface area contributed by atoms with Crippen molar-refractivity contribution in [3.05, 3.63) is 23.4 Å². The average molecular weight is 250 g/mol. The molecule has 5 heteroatoms. The third-order valence-corrected chi connectivity index (χ3v) is 2.93. The van der Waals surface area contributed by atoms with Gasteiger partial charge in [-0.25, -0.2) is 10.0 Å². The van der Waals surface area contributed by atoms with Gasteiger partial charge in [0.1, 0.15) is 5.56 Å². The second-order valence-electron chi connectivity index (χ2n) is 4.60. The molecule has 18 heavy (non-hydrogen) atoms. The SMILES string of the molecule is CON(C)C(=O)c1cc(C)cnc1OCC1CC1. The largest absolute Gasteiger partial charge is 0.477 e. The van der Waals surface area contributed by atoms with Crippen molar-refractivity contribution in [2.24, 2.45) is 5.92 Å². The van der Waals surface area contributed by atoms with Crippen molar-refractivity contribution in [2.75, 3.05) is 20.8 Å². The van der Waals surface area contributed by atoms with Gasteiger partial charge in [0.25, 0.3) is 5.91 Å². The van der Waals surface area contributed by atoms with Crippen LogP contribution in [0.1, 0.15) is 28.8 Å². The van der Waals surface area contributed by atoms with E-state index < -0.39 is 0 Å². The minimum absolute atomic E-state index is 0.250. The third kappa shape index (κ3) is 2.98. The van der Waals surface area contributed by atoms with Gasteiger partial charge in [0, 0.05) is 13.2 Å². The molecule has 2 rings (SSSR count). The fourth-order valence-electron chi connectivity index (χ4n) is 1.56. The lowest BCUT2D eigenvalue weighted by Gasteiger charge is -2.16. The van der Waals surface area contributed by atoms with E-state index in [9.17, 15) is 4.79 Å². The summed E-state index contributed by atoms with van der Waals surface area (Å²) in [5, 5.41) is 1.17. The topological polar surface area (TPSA) is 51.7 Å². The van der Waals surface area contributed by atoms with Crippen LogP contribution in [0.15, 0.2) is 12.3 Å². The number of ether oxygens (including phenoxy) is 1. The smallest absolute Gasteiger partial charge is 0.282 e. The van der Waals surface area contributed by atoms with Crippen LogP contribution >= 0.6 is 0 Å². The van der Waals surface area contributed by atoms with Gasteiger partial charge >= 0.3 is 0 Å². The molecule has 0 N–H and O–H groups in total. The van der Waals surface area contributed by atoms with Gasteiger partial charge in [-0.15, -0.1) is 0 Å². The van der Waals surface area contributed by atoms with Crippen molar-refractivity contribution < 1.29 is 14.4 Å². The average Bonchev–Trinajstić information content (AvgIpc) is 3.19. The number of rotatable bonds is 5. The van der Waals surface area contributed by atoms with Gasteiger partial charge in [-0.3, -0.25) is 9.63 Å². The highest BCUT2D eigenvalue weighted by Crippen LogP contribution is 2.30. The minimum atomic E-state index is -0.250. The Hall–Kier alpha value is -1.62. The minimum Gasteiger partial charge on any atom is -0.477 e. The van der Waals surface area contributed by atoms with Crippen LogP contribution in [0.25, 0.3) is 0 Å². The predicted molar refractivity (Wildman–Crippen MR) is 66.3 cm³/mol. The molecule has 1 aliphatic carbocycles. The van der Waals surface area contributed by atoms with E-state index in [4.69, 9.17) is 9.57 Å². The fourth-order valence-corrected chi connectivity index (χ4v) is 1.56. The molecule has 0 unspecified atom stereocenters. The van der Waals surface area contributed by atoms with Crippen LogP contribution in [0.2, 0.25) is 0 Å². The molecule has 1 fully saturated rings. The molecule has 1 aromatic rings. The summed E-state index contributed by atoms with van der Waals surface area (Å²) in [6.07, 6.45) is 4.10. The van der Waals surface area contributed by atoms with E-state index in [0.29, 0.717) is 24.0 Å². The van der Waals surface area contributed by atoms with Gasteiger partial charge in [-0.2, -0.15) is 0 Å². The molecule has 0 atom stereocenters. The number of hydrogen-bond acceptors (Lipinski definition) is 4. The molecule has 1 heterocycles. The Kier molecular flexibility index (Phi) is 3.81. The number of aromatic nitrogens is 1. The lowest BCUT2D eigenvalue weighted by Crippen LogP contribution is -2.26. The zero-order chi connectivity index (χ0) is 13.1. The van der Waals surface area contributed by atoms with Crippen LogP contribution in [0, 0.1) is 12.8 Å². The van der Waals surface area contributed by atoms with Crippen LogP contribution in [-0.2, 0) is 4.84 Å². The lowest BCUT2D eigenvalue weighted by atomic mass is 10.2. The monoisotopic (exact) mass is 250 g/mol. The first-order chi connectivity index (χ1) is 8.61. The number of hydroxylamine groups is 2. The van der Waals surface area contributed by atoms with Crippen molar-refractivity contribution in [2.45, 2.75) is 19.8 Å². The molecule has 0 bridgehead atoms. The van der Waals surface area contributed by atoms with Gasteiger partial charge in [0.2, 0.25) is 5.88 Å². The zero-order valence-corrected chi connectivity index (χ0v) is 11.0. The summed E-state index contributed by atoms with van der Waals surface area (Å²) in [5.41, 5.74) is 1.36. The summed E-state index contributed by atoms with van der Waals surface area (Å²) in [6, 6.07) is 1.77. The van der Waals surface area contributed by atoms with Crippen molar-refractivity contribution in [1.82, 2.24) is 10.0 Å². The van der Waals surface area contributed by atoms with E-state index in [1.165, 1.54) is 25.0 Å². The predicted octanol–water partition coefficient (Wildman–Crippen LogP) is 1.81. The highest BCUT2D eigenvalue weighted by atomic mass is 16.7. The first-order valence-corrected chi connectivity index (χ1v) is 6.03. The van der Waals surface area contributed by atoms with Crippen LogP contribution in [-0.4, -0.2) is 36.7 Å². The van der Waals surface area contributed by atoms with Crippen LogP contribution in [0.4, 0.5) is 0 Å². The maximum Gasteiger partial charge on any atom is 0.282 e. The van der Waals surface area contributed by atoms with E-state index in [2.05, 4.69) is 4.98 Å². The van der Waals surface area contributed by atoms with Crippen molar-refractivity contribution in [1.29, 1.82) is 0 Å². The number of carbonyl (C=O) groups is 1. The summed E-state index contributed by atoms with van der Waals surface area (Å²) < 4.78 is 5.62. The Bertz CT molecular complexity index is 444. The summed E-state index contributed by atoms with van der Waals surface area (Å²) in [5.74, 6) is 0.761. The van der Waals surface area contributed by atoms with Gasteiger partial charge in [0.05, 0.1) is 13.7 Å². The summed E-state index contributed by atoms with van der Waals surface area (Å²) in [7, 11) is 3.02. The summed E-state index contributed by atoms with van der Waals surface area (Å²) >= 11 is 0. The molecule has 5 nitrogen and oxygen atoms in total. The second kappa shape index (κ2) is 5.35. The van der Waals surface area contributed by atoms with Crippen LogP contribution in [0.3, 0.4) is 0 Å². The molecular weight excluding hydrogens is 232 g/mol. The van der Waals surface area contributed by atoms with Crippen molar-refractivity contribution in [3.63, 3.8) is 0 Å². The Morgan fingerprint density at radius 3 is 2.89 bits per heavy atom. The molecule has 1 amide bonds. The molecular formula is C13H18N2O3. The normalized spacial score (nSPS) is 14.4. The van der Waals surface area contributed by atoms with Gasteiger partial charge in [0.15, 0.2) is 0 Å². The van der Waals surface area contributed by atoms with Gasteiger partial charge < -0.3 is 4.74 Å². The van der Waals surface area contributed by atoms with Gasteiger partial charge in [-0.05, 0) is 37.3 Å². The molecule has 1 aliphatic rings. The number of nitrogens with zero attached hydrogens (tertiary/aromatic N) is 2. The number of carbonyl (C=O) groups excluding carboxylic acids is 1. The second-order valence-corrected chi connectivity index (χ2v) is 4.60. The molecule has 1 aromatic heterocycles. The summed E-state index contributed by atoms with van der Waals surface area (Å²) in [6.45, 7) is 2.52. The molecule has 0 aromatic carbocycles. The molecule has 0 saturated heterocycles. The first-order valence-electron chi connectivity index (χ1n) is 6.03. The molecule has 0 spiro atoms. The van der Waals surface area contributed by atoms with Crippen LogP contribution in [0.5, 0.6) is 5.88 Å². The van der Waals surface area contributed by atoms with E-state index in [-0.39, 0.29) is 5.91 Å². The molecule has 98 valence electrons. The molecule has 0 aliphatic heterocycles. The fraction of sp³-hybridized carbons (Fsp3) is 0.538. The number of pyridine rings is 1. The van der Waals surface area contributed by atoms with E-state index in [1.807, 2.05) is 6.92 Å². The Morgan fingerprint density at radius 2 is 2.28 bits per heavy atom. The summed E-state index contributed by atoms with van der Waals surface area (Å²) in [4.78, 5) is 21.2. The highest BCUT2D eigenvalue weighted by Gasteiger charge is 2.24. The first kappa shape index (κ1) is 12.8. The Morgan fingerprint density at radius 1 is 1.56 bits per heavy atom. The molecule has 0 radical (unpaired) electrons.